The quantitative estimate of drug-likeness (QED) is 0.160. The topological polar surface area (TPSA) is 171 Å². The van der Waals surface area contributed by atoms with Gasteiger partial charge in [0.2, 0.25) is 0 Å². The number of piperidine rings is 3. The second-order valence-electron chi connectivity index (χ2n) is 46.0. The molecule has 12 heterocycles. The fourth-order valence-corrected chi connectivity index (χ4v) is 13.6. The van der Waals surface area contributed by atoms with E-state index in [0.717, 1.165) is 71.7 Å². The molecular formula is C109H177FN14O3. The average molecular weight is 1750 g/mol. The second kappa shape index (κ2) is 50.5. The Morgan fingerprint density at radius 1 is 0.339 bits per heavy atom. The van der Waals surface area contributed by atoms with Gasteiger partial charge in [0.15, 0.2) is 0 Å². The van der Waals surface area contributed by atoms with E-state index in [1.165, 1.54) is 145 Å². The number of aryl methyl sites for hydroxylation is 2. The molecule has 0 unspecified atom stereocenters. The van der Waals surface area contributed by atoms with Crippen LogP contribution in [-0.4, -0.2) is 167 Å². The third-order valence-corrected chi connectivity index (χ3v) is 22.3. The number of likely N-dealkylation sites (tertiary alicyclic amines) is 2. The van der Waals surface area contributed by atoms with Crippen LogP contribution in [0.4, 0.5) is 15.8 Å². The molecule has 4 saturated heterocycles. The maximum Gasteiger partial charge on any atom is 0.145 e. The summed E-state index contributed by atoms with van der Waals surface area (Å²) in [4.78, 5) is 51.2. The van der Waals surface area contributed by atoms with Gasteiger partial charge in [-0.05, 0) is 251 Å². The van der Waals surface area contributed by atoms with Crippen molar-refractivity contribution >= 4 is 11.4 Å². The maximum absolute atomic E-state index is 13.3. The molecule has 0 amide bonds. The van der Waals surface area contributed by atoms with Crippen LogP contribution in [0, 0.1) is 19.7 Å². The zero-order valence-electron chi connectivity index (χ0n) is 86.6. The lowest BCUT2D eigenvalue weighted by molar-refractivity contribution is 0.0283. The Hall–Kier alpha value is -7.90. The predicted molar refractivity (Wildman–Crippen MR) is 537 cm³/mol. The maximum atomic E-state index is 13.3. The van der Waals surface area contributed by atoms with Crippen LogP contribution >= 0.6 is 0 Å². The Kier molecular flexibility index (Phi) is 44.3. The largest absolute Gasteiger partial charge is 0.489 e. The Bertz CT molecular complexity index is 4190. The molecule has 5 aliphatic rings. The fourth-order valence-electron chi connectivity index (χ4n) is 13.6. The zero-order valence-corrected chi connectivity index (χ0v) is 86.6. The summed E-state index contributed by atoms with van der Waals surface area (Å²) in [5, 5.41) is 9.52. The van der Waals surface area contributed by atoms with Crippen molar-refractivity contribution in [3.63, 3.8) is 0 Å². The second-order valence-corrected chi connectivity index (χ2v) is 46.0. The van der Waals surface area contributed by atoms with Crippen LogP contribution in [0.3, 0.4) is 0 Å². The fraction of sp³-hybridized carbons (Fsp3) is 0.642. The number of anilines is 2. The minimum absolute atomic E-state index is 0.0504. The summed E-state index contributed by atoms with van der Waals surface area (Å²) in [5.41, 5.74) is 13.7. The van der Waals surface area contributed by atoms with E-state index in [2.05, 4.69) is 319 Å². The molecule has 17 nitrogen and oxygen atoms in total. The highest BCUT2D eigenvalue weighted by molar-refractivity contribution is 5.47. The standard InChI is InChI=1S/C14H23N3.C14H22N2.C13H21NO2.C13H19NO.C10H14FN.C10H15N.2C9H19N.C9H13N.C8H12N2/c1-14(2,3)13-6-5-12(11-15-13)17-9-7-16(4)8-10-17;1-14(2,3)13-8-7-12(11-15-13)16-9-5-4-6-10-16;1-12(2,3)11-7-6-10(8-14-11)16-9-13(4,5)15;1-13(2,3)12-8-7-11(9-14-12)15-10-5-4-6-10;1-7-5-8(11)9(12-6-7)10(2,3)4;1-8-5-6-9(11-7-8)10(2,3)4;2*1-9(2,3)10-7-5-4-6-8-10;1-9(2,3)8-6-4-5-7-10-8;1-8(2,3)7-6-9-4-5-10-7/h5-6,11H,7-10H2,1-4H3;7-8,11H,4-6,9-10H2,1-3H3;6-8,15H,9H2,1-5H3;7-10H,4-6H2,1-3H3;5-6H,1-4H3;5-7H,1-4H3;2*4-8H2,1-3H3;4-7H,1-3H3;4-6H,1-3H3. The molecule has 1 aliphatic carbocycles. The molecule has 0 bridgehead atoms. The van der Waals surface area contributed by atoms with Crippen LogP contribution in [0.2, 0.25) is 0 Å². The van der Waals surface area contributed by atoms with E-state index in [4.69, 9.17) is 9.47 Å². The Morgan fingerprint density at radius 2 is 0.709 bits per heavy atom. The highest BCUT2D eigenvalue weighted by atomic mass is 19.1. The first-order chi connectivity index (χ1) is 58.6. The van der Waals surface area contributed by atoms with Crippen molar-refractivity contribution in [1.29, 1.82) is 0 Å². The molecule has 18 heteroatoms. The van der Waals surface area contributed by atoms with Gasteiger partial charge in [-0.25, -0.2) is 4.39 Å². The van der Waals surface area contributed by atoms with Crippen molar-refractivity contribution in [2.45, 2.75) is 379 Å². The summed E-state index contributed by atoms with van der Waals surface area (Å²) in [6.07, 6.45) is 34.9. The van der Waals surface area contributed by atoms with Gasteiger partial charge in [0.05, 0.1) is 59.3 Å². The van der Waals surface area contributed by atoms with Crippen LogP contribution in [0.1, 0.15) is 355 Å². The summed E-state index contributed by atoms with van der Waals surface area (Å²) >= 11 is 0. The zero-order chi connectivity index (χ0) is 95.6. The van der Waals surface area contributed by atoms with Crippen molar-refractivity contribution in [2.24, 2.45) is 0 Å². The van der Waals surface area contributed by atoms with Gasteiger partial charge >= 0.3 is 0 Å². The molecule has 0 radical (unpaired) electrons. The lowest BCUT2D eigenvalue weighted by Crippen LogP contribution is -2.44. The summed E-state index contributed by atoms with van der Waals surface area (Å²) in [6, 6.07) is 28.4. The number of pyridine rings is 7. The highest BCUT2D eigenvalue weighted by Crippen LogP contribution is 2.32. The number of aliphatic hydroxyl groups is 1. The van der Waals surface area contributed by atoms with Crippen molar-refractivity contribution in [1.82, 2.24) is 59.6 Å². The van der Waals surface area contributed by atoms with Crippen LogP contribution < -0.4 is 19.3 Å². The van der Waals surface area contributed by atoms with Gasteiger partial charge in [0, 0.05) is 165 Å². The first-order valence-electron chi connectivity index (χ1n) is 47.4. The lowest BCUT2D eigenvalue weighted by Gasteiger charge is -2.38. The SMILES string of the molecule is CC(C)(C)N1CCCCC1.CC(C)(C)N1CCCCC1.CC(C)(C)c1ccc(N2CCCCC2)cn1.CC(C)(C)c1ccc(OC2CCC2)cn1.CC(C)(C)c1ccccn1.CC(C)(C)c1cnccn1.CC(C)(O)COc1ccc(C(C)(C)C)nc1.CN1CCN(c2ccc(C(C)(C)C)nc2)CC1.Cc1ccc(C(C)(C)C)nc1.Cc1cnc(C(C)(C)C)c(F)c1. The molecule has 0 aromatic carbocycles. The number of halogens is 1. The van der Waals surface area contributed by atoms with Gasteiger partial charge in [-0.2, -0.15) is 0 Å². The molecule has 0 atom stereocenters. The van der Waals surface area contributed by atoms with Crippen molar-refractivity contribution in [3.05, 3.63) is 209 Å². The van der Waals surface area contributed by atoms with Gasteiger partial charge in [0.25, 0.3) is 0 Å². The molecule has 5 fully saturated rings. The molecule has 8 aromatic rings. The van der Waals surface area contributed by atoms with Gasteiger partial charge < -0.3 is 29.3 Å². The molecular weight excluding hydrogens is 1570 g/mol. The lowest BCUT2D eigenvalue weighted by atomic mass is 9.91. The predicted octanol–water partition coefficient (Wildman–Crippen LogP) is 25.5. The molecule has 4 aliphatic heterocycles. The first-order valence-corrected chi connectivity index (χ1v) is 47.4. The van der Waals surface area contributed by atoms with Gasteiger partial charge in [-0.3, -0.25) is 54.7 Å². The number of ether oxygens (including phenoxy) is 2. The molecule has 1 saturated carbocycles. The molecule has 708 valence electrons. The van der Waals surface area contributed by atoms with Crippen molar-refractivity contribution in [2.75, 3.05) is 88.9 Å². The molecule has 8 aromatic heterocycles. The normalized spacial score (nSPS) is 15.9. The van der Waals surface area contributed by atoms with Crippen LogP contribution in [0.5, 0.6) is 11.5 Å². The average Bonchev–Trinajstić information content (AvgIpc) is 0.840. The minimum Gasteiger partial charge on any atom is -0.489 e. The van der Waals surface area contributed by atoms with Gasteiger partial charge in [-0.1, -0.05) is 191 Å². The third kappa shape index (κ3) is 44.5. The molecule has 0 spiro atoms. The Balaban J connectivity index is 0.000000298. The minimum atomic E-state index is -0.817. The summed E-state index contributed by atoms with van der Waals surface area (Å²) in [5.74, 6) is 1.39. The Morgan fingerprint density at radius 3 is 1.00 bits per heavy atom. The van der Waals surface area contributed by atoms with Crippen LogP contribution in [0.15, 0.2) is 147 Å². The monoisotopic (exact) mass is 1750 g/mol. The number of aromatic nitrogens is 9. The highest BCUT2D eigenvalue weighted by Gasteiger charge is 2.28. The van der Waals surface area contributed by atoms with E-state index in [1.807, 2.05) is 89.0 Å². The third-order valence-electron chi connectivity index (χ3n) is 22.3. The summed E-state index contributed by atoms with van der Waals surface area (Å²) in [7, 11) is 2.18. The number of likely N-dealkylation sites (N-methyl/N-ethyl adjacent to an activating group) is 1. The van der Waals surface area contributed by atoms with Gasteiger partial charge in [-0.15, -0.1) is 0 Å². The molecule has 13 rings (SSSR count). The van der Waals surface area contributed by atoms with E-state index in [9.17, 15) is 9.50 Å². The number of hydrogen-bond donors (Lipinski definition) is 1. The smallest absolute Gasteiger partial charge is 0.145 e. The van der Waals surface area contributed by atoms with E-state index in [0.29, 0.717) is 28.6 Å². The van der Waals surface area contributed by atoms with E-state index < -0.39 is 5.60 Å². The number of rotatable bonds is 7. The van der Waals surface area contributed by atoms with E-state index in [1.54, 1.807) is 44.8 Å². The van der Waals surface area contributed by atoms with Crippen molar-refractivity contribution in [3.8, 4) is 11.5 Å². The number of piperazine rings is 1. The van der Waals surface area contributed by atoms with Crippen LogP contribution in [-0.2, 0) is 43.3 Å². The Labute approximate surface area is 773 Å². The van der Waals surface area contributed by atoms with Crippen LogP contribution in [0.25, 0.3) is 0 Å². The van der Waals surface area contributed by atoms with Gasteiger partial charge in [0.1, 0.15) is 23.9 Å². The number of nitrogens with zero attached hydrogens (tertiary/aromatic N) is 14. The summed E-state index contributed by atoms with van der Waals surface area (Å²) in [6.45, 7) is 84.8. The van der Waals surface area contributed by atoms with E-state index >= 15 is 0 Å². The summed E-state index contributed by atoms with van der Waals surface area (Å²) < 4.78 is 24.5. The molecule has 1 N–H and O–H groups in total. The molecule has 127 heavy (non-hydrogen) atoms. The van der Waals surface area contributed by atoms with E-state index in [-0.39, 0.29) is 55.7 Å². The van der Waals surface area contributed by atoms with Crippen molar-refractivity contribution < 1.29 is 19.0 Å². The first kappa shape index (κ1) is 111. The number of hydrogen-bond acceptors (Lipinski definition) is 17.